The van der Waals surface area contributed by atoms with Crippen LogP contribution in [0.1, 0.15) is 13.8 Å². The van der Waals surface area contributed by atoms with Gasteiger partial charge in [0, 0.05) is 11.0 Å². The summed E-state index contributed by atoms with van der Waals surface area (Å²) in [6.45, 7) is 3.96. The molecule has 0 bridgehead atoms. The maximum absolute atomic E-state index is 8.88. The summed E-state index contributed by atoms with van der Waals surface area (Å²) in [5.74, 6) is 0.746. The summed E-state index contributed by atoms with van der Waals surface area (Å²) in [5, 5.41) is 17.8. The van der Waals surface area contributed by atoms with Gasteiger partial charge in [0.15, 0.2) is 0 Å². The van der Waals surface area contributed by atoms with Gasteiger partial charge in [0.25, 0.3) is 0 Å². The fourth-order valence-electron chi connectivity index (χ4n) is 0.252. The van der Waals surface area contributed by atoms with Crippen LogP contribution in [0, 0.1) is 0 Å². The molecule has 0 rings (SSSR count). The van der Waals surface area contributed by atoms with Gasteiger partial charge in [0.1, 0.15) is 0 Å². The summed E-state index contributed by atoms with van der Waals surface area (Å²) >= 11 is 0. The van der Waals surface area contributed by atoms with Crippen LogP contribution in [-0.4, -0.2) is 33.9 Å². The van der Waals surface area contributed by atoms with Crippen molar-refractivity contribution < 1.29 is 10.2 Å². The minimum atomic E-state index is -0.238. The molecular formula is C6H14O2S3. The van der Waals surface area contributed by atoms with Gasteiger partial charge in [-0.15, -0.1) is 0 Å². The van der Waals surface area contributed by atoms with Crippen molar-refractivity contribution in [1.29, 1.82) is 0 Å². The molecule has 0 aromatic heterocycles. The van der Waals surface area contributed by atoms with Crippen molar-refractivity contribution in [2.75, 3.05) is 12.4 Å². The van der Waals surface area contributed by atoms with Gasteiger partial charge < -0.3 is 10.2 Å². The van der Waals surface area contributed by atoms with E-state index in [0.717, 1.165) is 5.75 Å². The van der Waals surface area contributed by atoms with E-state index in [1.54, 1.807) is 38.3 Å². The molecule has 0 aliphatic carbocycles. The Bertz CT molecular complexity index is 89.9. The van der Waals surface area contributed by atoms with Gasteiger partial charge in [-0.05, 0) is 16.7 Å². The van der Waals surface area contributed by atoms with Crippen LogP contribution in [0.3, 0.4) is 0 Å². The Kier molecular flexibility index (Phi) is 8.28. The molecule has 0 fully saturated rings. The van der Waals surface area contributed by atoms with Gasteiger partial charge in [-0.25, -0.2) is 0 Å². The maximum Gasteiger partial charge on any atom is 0.0611 e. The lowest BCUT2D eigenvalue weighted by Crippen LogP contribution is -2.01. The van der Waals surface area contributed by atoms with Crippen LogP contribution in [0.4, 0.5) is 0 Å². The molecule has 2 unspecified atom stereocenters. The molecule has 5 heteroatoms. The molecule has 0 aromatic carbocycles. The molecule has 0 radical (unpaired) electrons. The average molecular weight is 214 g/mol. The van der Waals surface area contributed by atoms with Crippen LogP contribution in [0.15, 0.2) is 0 Å². The molecule has 68 valence electrons. The van der Waals surface area contributed by atoms with Crippen molar-refractivity contribution in [2.45, 2.75) is 25.2 Å². The first kappa shape index (κ1) is 12.0. The highest BCUT2D eigenvalue weighted by Gasteiger charge is 2.01. The van der Waals surface area contributed by atoms with Crippen molar-refractivity contribution in [1.82, 2.24) is 0 Å². The van der Waals surface area contributed by atoms with E-state index in [1.807, 2.05) is 6.92 Å². The third kappa shape index (κ3) is 8.88. The van der Waals surface area contributed by atoms with Crippen LogP contribution in [0.5, 0.6) is 0 Å². The molecule has 0 saturated carbocycles. The molecular weight excluding hydrogens is 200 g/mol. The normalized spacial score (nSPS) is 16.4. The van der Waals surface area contributed by atoms with E-state index in [1.165, 1.54) is 0 Å². The van der Waals surface area contributed by atoms with E-state index < -0.39 is 0 Å². The standard InChI is InChI=1S/C6H14O2S3/c1-5(8)4-9-11-10-6(2)3-7/h5-8H,3-4H2,1-2H3. The third-order valence-corrected chi connectivity index (χ3v) is 5.58. The number of hydrogen-bond acceptors (Lipinski definition) is 5. The Labute approximate surface area is 79.3 Å². The number of hydrogen-bond donors (Lipinski definition) is 2. The predicted octanol–water partition coefficient (Wildman–Crippen LogP) is 1.78. The Morgan fingerprint density at radius 1 is 1.36 bits per heavy atom. The molecule has 2 atom stereocenters. The van der Waals surface area contributed by atoms with Gasteiger partial charge in [0.05, 0.1) is 12.7 Å². The highest BCUT2D eigenvalue weighted by molar-refractivity contribution is 9.09. The van der Waals surface area contributed by atoms with E-state index in [-0.39, 0.29) is 18.0 Å². The first-order valence-electron chi connectivity index (χ1n) is 3.40. The molecule has 0 saturated heterocycles. The van der Waals surface area contributed by atoms with Crippen molar-refractivity contribution >= 4 is 31.4 Å². The Hall–Kier alpha value is 0.970. The number of aliphatic hydroxyl groups is 2. The first-order chi connectivity index (χ1) is 5.16. The summed E-state index contributed by atoms with van der Waals surface area (Å²) in [4.78, 5) is 0. The zero-order chi connectivity index (χ0) is 8.69. The molecule has 0 heterocycles. The van der Waals surface area contributed by atoms with E-state index >= 15 is 0 Å². The minimum absolute atomic E-state index is 0.215. The smallest absolute Gasteiger partial charge is 0.0611 e. The largest absolute Gasteiger partial charge is 0.395 e. The molecule has 2 nitrogen and oxygen atoms in total. The van der Waals surface area contributed by atoms with E-state index in [2.05, 4.69) is 0 Å². The van der Waals surface area contributed by atoms with Crippen LogP contribution < -0.4 is 0 Å². The van der Waals surface area contributed by atoms with Crippen molar-refractivity contribution in [3.8, 4) is 0 Å². The maximum atomic E-state index is 8.88. The summed E-state index contributed by atoms with van der Waals surface area (Å²) in [6, 6.07) is 0. The van der Waals surface area contributed by atoms with Crippen LogP contribution in [0.25, 0.3) is 0 Å². The Morgan fingerprint density at radius 3 is 2.45 bits per heavy atom. The summed E-state index contributed by atoms with van der Waals surface area (Å²) in [7, 11) is 4.89. The molecule has 0 aromatic rings. The highest BCUT2D eigenvalue weighted by Crippen LogP contribution is 2.37. The van der Waals surface area contributed by atoms with Crippen molar-refractivity contribution in [3.05, 3.63) is 0 Å². The molecule has 0 amide bonds. The van der Waals surface area contributed by atoms with Crippen molar-refractivity contribution in [2.24, 2.45) is 0 Å². The van der Waals surface area contributed by atoms with Gasteiger partial charge in [-0.2, -0.15) is 0 Å². The fourth-order valence-corrected chi connectivity index (χ4v) is 4.47. The van der Waals surface area contributed by atoms with Gasteiger partial charge >= 0.3 is 0 Å². The summed E-state index contributed by atoms with van der Waals surface area (Å²) in [5.41, 5.74) is 0. The molecule has 0 aliphatic heterocycles. The monoisotopic (exact) mass is 214 g/mol. The number of rotatable bonds is 6. The third-order valence-electron chi connectivity index (χ3n) is 0.818. The Balaban J connectivity index is 3.01. The lowest BCUT2D eigenvalue weighted by Gasteiger charge is -2.06. The topological polar surface area (TPSA) is 40.5 Å². The highest BCUT2D eigenvalue weighted by atomic mass is 33.5. The van der Waals surface area contributed by atoms with Gasteiger partial charge in [-0.3, -0.25) is 0 Å². The Morgan fingerprint density at radius 2 is 2.00 bits per heavy atom. The van der Waals surface area contributed by atoms with Crippen LogP contribution in [0.2, 0.25) is 0 Å². The molecule has 0 spiro atoms. The number of aliphatic hydroxyl groups excluding tert-OH is 2. The summed E-state index contributed by atoms with van der Waals surface area (Å²) < 4.78 is 0. The average Bonchev–Trinajstić information content (AvgIpc) is 1.97. The lowest BCUT2D eigenvalue weighted by atomic mass is 10.5. The second-order valence-electron chi connectivity index (χ2n) is 2.29. The van der Waals surface area contributed by atoms with E-state index in [4.69, 9.17) is 10.2 Å². The zero-order valence-corrected chi connectivity index (χ0v) is 9.14. The predicted molar refractivity (Wildman–Crippen MR) is 55.9 cm³/mol. The van der Waals surface area contributed by atoms with E-state index in [0.29, 0.717) is 0 Å². The van der Waals surface area contributed by atoms with Crippen LogP contribution >= 0.6 is 31.4 Å². The van der Waals surface area contributed by atoms with E-state index in [9.17, 15) is 0 Å². The summed E-state index contributed by atoms with van der Waals surface area (Å²) in [6.07, 6.45) is -0.238. The SMILES string of the molecule is CC(O)CSSSC(C)CO. The minimum Gasteiger partial charge on any atom is -0.395 e. The fraction of sp³-hybridized carbons (Fsp3) is 1.00. The quantitative estimate of drug-likeness (QED) is 0.521. The molecule has 2 N–H and O–H groups in total. The van der Waals surface area contributed by atoms with Gasteiger partial charge in [0.2, 0.25) is 0 Å². The lowest BCUT2D eigenvalue weighted by molar-refractivity contribution is 0.221. The first-order valence-corrected chi connectivity index (χ1v) is 7.12. The zero-order valence-electron chi connectivity index (χ0n) is 6.69. The van der Waals surface area contributed by atoms with Crippen LogP contribution in [-0.2, 0) is 0 Å². The second kappa shape index (κ2) is 7.61. The molecule has 11 heavy (non-hydrogen) atoms. The van der Waals surface area contributed by atoms with Gasteiger partial charge in [-0.1, -0.05) is 28.5 Å². The van der Waals surface area contributed by atoms with Crippen molar-refractivity contribution in [3.63, 3.8) is 0 Å². The second-order valence-corrected chi connectivity index (χ2v) is 6.91. The molecule has 0 aliphatic rings.